The van der Waals surface area contributed by atoms with Crippen molar-refractivity contribution >= 4 is 17.2 Å². The predicted octanol–water partition coefficient (Wildman–Crippen LogP) is 4.17. The van der Waals surface area contributed by atoms with Gasteiger partial charge in [-0.25, -0.2) is 4.98 Å². The number of methoxy groups -OCH3 is 1. The largest absolute Gasteiger partial charge is 0.497 e. The summed E-state index contributed by atoms with van der Waals surface area (Å²) in [6.45, 7) is 4.56. The number of hydrogen-bond donors (Lipinski definition) is 1. The molecule has 2 aromatic carbocycles. The van der Waals surface area contributed by atoms with Crippen LogP contribution in [0.1, 0.15) is 16.8 Å². The third-order valence-electron chi connectivity index (χ3n) is 4.51. The summed E-state index contributed by atoms with van der Waals surface area (Å²) in [6, 6.07) is 13.7. The minimum atomic E-state index is -0.133. The Kier molecular flexibility index (Phi) is 6.66. The first-order valence-corrected chi connectivity index (χ1v) is 9.99. The van der Waals surface area contributed by atoms with E-state index in [-0.39, 0.29) is 12.5 Å². The van der Waals surface area contributed by atoms with Gasteiger partial charge in [-0.15, -0.1) is 11.3 Å². The van der Waals surface area contributed by atoms with Gasteiger partial charge < -0.3 is 14.8 Å². The van der Waals surface area contributed by atoms with Crippen LogP contribution in [0.4, 0.5) is 0 Å². The van der Waals surface area contributed by atoms with Crippen LogP contribution in [0.5, 0.6) is 11.5 Å². The quantitative estimate of drug-likeness (QED) is 0.621. The third-order valence-corrected chi connectivity index (χ3v) is 5.45. The summed E-state index contributed by atoms with van der Waals surface area (Å²) in [7, 11) is 1.65. The fourth-order valence-electron chi connectivity index (χ4n) is 2.69. The molecule has 0 fully saturated rings. The lowest BCUT2D eigenvalue weighted by Gasteiger charge is -2.10. The third kappa shape index (κ3) is 5.10. The summed E-state index contributed by atoms with van der Waals surface area (Å²) in [5.74, 6) is 1.44. The molecular formula is C22H24N2O3S. The van der Waals surface area contributed by atoms with Crippen LogP contribution < -0.4 is 14.8 Å². The molecule has 6 heteroatoms. The highest BCUT2D eigenvalue weighted by Gasteiger charge is 2.08. The van der Waals surface area contributed by atoms with Crippen molar-refractivity contribution in [3.63, 3.8) is 0 Å². The van der Waals surface area contributed by atoms with Crippen LogP contribution >= 0.6 is 11.3 Å². The van der Waals surface area contributed by atoms with E-state index in [2.05, 4.69) is 10.3 Å². The number of hydrogen-bond acceptors (Lipinski definition) is 5. The van der Waals surface area contributed by atoms with Crippen molar-refractivity contribution in [3.05, 3.63) is 64.7 Å². The fraction of sp³-hybridized carbons (Fsp3) is 0.273. The first-order valence-electron chi connectivity index (χ1n) is 9.11. The molecule has 0 saturated heterocycles. The molecule has 0 bridgehead atoms. The highest BCUT2D eigenvalue weighted by molar-refractivity contribution is 7.13. The molecule has 146 valence electrons. The zero-order valence-electron chi connectivity index (χ0n) is 16.3. The number of carbonyl (C=O) groups is 1. The van der Waals surface area contributed by atoms with Crippen LogP contribution in [0.2, 0.25) is 0 Å². The minimum Gasteiger partial charge on any atom is -0.497 e. The lowest BCUT2D eigenvalue weighted by Crippen LogP contribution is -2.30. The summed E-state index contributed by atoms with van der Waals surface area (Å²) < 4.78 is 10.8. The van der Waals surface area contributed by atoms with Gasteiger partial charge in [0.25, 0.3) is 5.91 Å². The number of rotatable bonds is 8. The highest BCUT2D eigenvalue weighted by Crippen LogP contribution is 2.25. The monoisotopic (exact) mass is 396 g/mol. The van der Waals surface area contributed by atoms with Crippen LogP contribution in [0.25, 0.3) is 10.6 Å². The molecule has 0 atom stereocenters. The molecule has 3 rings (SSSR count). The predicted molar refractivity (Wildman–Crippen MR) is 112 cm³/mol. The number of aromatic nitrogens is 1. The van der Waals surface area contributed by atoms with Crippen molar-refractivity contribution in [1.29, 1.82) is 0 Å². The van der Waals surface area contributed by atoms with Crippen LogP contribution in [0, 0.1) is 13.8 Å². The van der Waals surface area contributed by atoms with E-state index in [9.17, 15) is 4.79 Å². The van der Waals surface area contributed by atoms with E-state index in [4.69, 9.17) is 9.47 Å². The first-order chi connectivity index (χ1) is 13.6. The smallest absolute Gasteiger partial charge is 0.257 e. The fourth-order valence-corrected chi connectivity index (χ4v) is 3.55. The molecule has 1 amide bonds. The van der Waals surface area contributed by atoms with E-state index < -0.39 is 0 Å². The second-order valence-corrected chi connectivity index (χ2v) is 7.32. The molecule has 0 aliphatic carbocycles. The number of carbonyl (C=O) groups excluding carboxylic acids is 1. The van der Waals surface area contributed by atoms with Crippen LogP contribution in [-0.2, 0) is 11.2 Å². The second-order valence-electron chi connectivity index (χ2n) is 6.46. The molecule has 0 unspecified atom stereocenters. The topological polar surface area (TPSA) is 60.5 Å². The Morgan fingerprint density at radius 2 is 1.93 bits per heavy atom. The summed E-state index contributed by atoms with van der Waals surface area (Å²) in [4.78, 5) is 16.7. The Balaban J connectivity index is 1.45. The maximum atomic E-state index is 12.0. The first kappa shape index (κ1) is 19.9. The van der Waals surface area contributed by atoms with Gasteiger partial charge in [0.15, 0.2) is 6.61 Å². The molecule has 0 aliphatic heterocycles. The maximum absolute atomic E-state index is 12.0. The van der Waals surface area contributed by atoms with Gasteiger partial charge in [0.1, 0.15) is 16.5 Å². The molecule has 3 aromatic rings. The zero-order chi connectivity index (χ0) is 19.9. The highest BCUT2D eigenvalue weighted by atomic mass is 32.1. The molecule has 28 heavy (non-hydrogen) atoms. The average molecular weight is 397 g/mol. The molecule has 0 radical (unpaired) electrons. The number of nitrogens with zero attached hydrogens (tertiary/aromatic N) is 1. The molecule has 0 spiro atoms. The van der Waals surface area contributed by atoms with Gasteiger partial charge in [-0.05, 0) is 55.3 Å². The van der Waals surface area contributed by atoms with Crippen molar-refractivity contribution in [1.82, 2.24) is 10.3 Å². The summed E-state index contributed by atoms with van der Waals surface area (Å²) in [6.07, 6.45) is 0.682. The van der Waals surface area contributed by atoms with Crippen molar-refractivity contribution in [3.8, 4) is 22.1 Å². The summed E-state index contributed by atoms with van der Waals surface area (Å²) >= 11 is 1.60. The summed E-state index contributed by atoms with van der Waals surface area (Å²) in [5, 5.41) is 5.87. The van der Waals surface area contributed by atoms with Gasteiger partial charge >= 0.3 is 0 Å². The SMILES string of the molecule is COc1ccc(-c2nc(CCNC(=O)COc3cccc(C)c3C)cs2)cc1. The average Bonchev–Trinajstić information content (AvgIpc) is 3.18. The van der Waals surface area contributed by atoms with Gasteiger partial charge in [0.05, 0.1) is 12.8 Å². The van der Waals surface area contributed by atoms with Crippen LogP contribution in [0.15, 0.2) is 47.8 Å². The standard InChI is InChI=1S/C22H24N2O3S/c1-15-5-4-6-20(16(15)2)27-13-21(25)23-12-11-18-14-28-22(24-18)17-7-9-19(26-3)10-8-17/h4-10,14H,11-13H2,1-3H3,(H,23,25). The Hall–Kier alpha value is -2.86. The van der Waals surface area contributed by atoms with E-state index in [1.165, 1.54) is 0 Å². The van der Waals surface area contributed by atoms with Crippen molar-refractivity contribution in [2.75, 3.05) is 20.3 Å². The lowest BCUT2D eigenvalue weighted by atomic mass is 10.1. The molecular weight excluding hydrogens is 372 g/mol. The van der Waals surface area contributed by atoms with Crippen molar-refractivity contribution in [2.24, 2.45) is 0 Å². The molecule has 5 nitrogen and oxygen atoms in total. The van der Waals surface area contributed by atoms with Crippen molar-refractivity contribution in [2.45, 2.75) is 20.3 Å². The van der Waals surface area contributed by atoms with E-state index in [0.29, 0.717) is 13.0 Å². The second kappa shape index (κ2) is 9.37. The Bertz CT molecular complexity index is 935. The zero-order valence-corrected chi connectivity index (χ0v) is 17.1. The van der Waals surface area contributed by atoms with Crippen molar-refractivity contribution < 1.29 is 14.3 Å². The Labute approximate surface area is 169 Å². The molecule has 0 aliphatic rings. The van der Waals surface area contributed by atoms with Crippen LogP contribution in [-0.4, -0.2) is 31.2 Å². The Morgan fingerprint density at radius 3 is 2.68 bits per heavy atom. The van der Waals surface area contributed by atoms with E-state index >= 15 is 0 Å². The van der Waals surface area contributed by atoms with E-state index in [0.717, 1.165) is 38.9 Å². The van der Waals surface area contributed by atoms with Gasteiger partial charge in [-0.2, -0.15) is 0 Å². The number of ether oxygens (including phenoxy) is 2. The number of aryl methyl sites for hydroxylation is 1. The number of nitrogens with one attached hydrogen (secondary N) is 1. The maximum Gasteiger partial charge on any atom is 0.257 e. The van der Waals surface area contributed by atoms with Gasteiger partial charge in [-0.1, -0.05) is 12.1 Å². The molecule has 1 heterocycles. The number of amides is 1. The number of thiazole rings is 1. The normalized spacial score (nSPS) is 10.5. The van der Waals surface area contributed by atoms with Gasteiger partial charge in [0.2, 0.25) is 0 Å². The van der Waals surface area contributed by atoms with Crippen LogP contribution in [0.3, 0.4) is 0 Å². The molecule has 0 saturated carbocycles. The summed E-state index contributed by atoms with van der Waals surface area (Å²) in [5.41, 5.74) is 4.23. The molecule has 1 aromatic heterocycles. The molecule has 1 N–H and O–H groups in total. The minimum absolute atomic E-state index is 0.0124. The van der Waals surface area contributed by atoms with E-state index in [1.54, 1.807) is 18.4 Å². The number of benzene rings is 2. The van der Waals surface area contributed by atoms with Gasteiger partial charge in [0, 0.05) is 23.9 Å². The lowest BCUT2D eigenvalue weighted by molar-refractivity contribution is -0.123. The van der Waals surface area contributed by atoms with Gasteiger partial charge in [-0.3, -0.25) is 4.79 Å². The Morgan fingerprint density at radius 1 is 1.14 bits per heavy atom. The van der Waals surface area contributed by atoms with E-state index in [1.807, 2.05) is 61.7 Å².